The van der Waals surface area contributed by atoms with Crippen LogP contribution >= 0.6 is 0 Å². The number of aliphatic hydroxyl groups excluding tert-OH is 1. The molecule has 1 rings (SSSR count). The summed E-state index contributed by atoms with van der Waals surface area (Å²) in [7, 11) is -3.75. The van der Waals surface area contributed by atoms with Crippen molar-refractivity contribution in [1.82, 2.24) is 0 Å². The van der Waals surface area contributed by atoms with Crippen LogP contribution in [0.2, 0.25) is 0 Å². The lowest BCUT2D eigenvalue weighted by atomic mass is 10.2. The first-order valence-corrected chi connectivity index (χ1v) is 7.62. The fourth-order valence-corrected chi connectivity index (χ4v) is 2.38. The van der Waals surface area contributed by atoms with Crippen LogP contribution in [0.5, 0.6) is 0 Å². The third-order valence-electron chi connectivity index (χ3n) is 2.82. The lowest BCUT2D eigenvalue weighted by Crippen LogP contribution is -2.33. The summed E-state index contributed by atoms with van der Waals surface area (Å²) in [4.78, 5) is 1.98. The van der Waals surface area contributed by atoms with Gasteiger partial charge in [-0.05, 0) is 38.5 Å². The smallest absolute Gasteiger partial charge is 0.238 e. The van der Waals surface area contributed by atoms with Crippen LogP contribution in [0.15, 0.2) is 23.1 Å². The number of primary sulfonamides is 1. The molecule has 19 heavy (non-hydrogen) atoms. The highest BCUT2D eigenvalue weighted by Gasteiger charge is 2.16. The normalized spacial score (nSPS) is 11.8. The van der Waals surface area contributed by atoms with Crippen LogP contribution in [0.4, 0.5) is 11.4 Å². The Morgan fingerprint density at radius 3 is 2.47 bits per heavy atom. The van der Waals surface area contributed by atoms with Crippen molar-refractivity contribution in [2.24, 2.45) is 5.14 Å². The number of nitrogens with zero attached hydrogens (tertiary/aromatic N) is 1. The predicted molar refractivity (Wildman–Crippen MR) is 76.4 cm³/mol. The van der Waals surface area contributed by atoms with Crippen molar-refractivity contribution in [3.05, 3.63) is 18.2 Å². The molecule has 7 heteroatoms. The van der Waals surface area contributed by atoms with Crippen LogP contribution in [0.3, 0.4) is 0 Å². The monoisotopic (exact) mass is 287 g/mol. The molecule has 0 unspecified atom stereocenters. The van der Waals surface area contributed by atoms with Gasteiger partial charge in [0.1, 0.15) is 0 Å². The SMILES string of the molecule is CC(C)N(CCCO)c1cc(S(N)(=O)=O)ccc1N. The molecule has 0 amide bonds. The molecule has 108 valence electrons. The average molecular weight is 287 g/mol. The first kappa shape index (κ1) is 15.7. The zero-order valence-electron chi connectivity index (χ0n) is 11.2. The number of benzene rings is 1. The van der Waals surface area contributed by atoms with E-state index in [-0.39, 0.29) is 17.5 Å². The standard InChI is InChI=1S/C12H21N3O3S/c1-9(2)15(6-3-7-16)12-8-10(19(14,17)18)4-5-11(12)13/h4-5,8-9,16H,3,6-7,13H2,1-2H3,(H2,14,17,18). The van der Waals surface area contributed by atoms with Crippen LogP contribution < -0.4 is 15.8 Å². The van der Waals surface area contributed by atoms with Crippen molar-refractivity contribution in [3.8, 4) is 0 Å². The first-order valence-electron chi connectivity index (χ1n) is 6.07. The number of aliphatic hydroxyl groups is 1. The van der Waals surface area contributed by atoms with Crippen LogP contribution in [0.25, 0.3) is 0 Å². The highest BCUT2D eigenvalue weighted by atomic mass is 32.2. The Morgan fingerprint density at radius 1 is 1.37 bits per heavy atom. The number of hydrogen-bond donors (Lipinski definition) is 3. The molecule has 0 saturated carbocycles. The number of sulfonamides is 1. The molecule has 0 aliphatic carbocycles. The summed E-state index contributed by atoms with van der Waals surface area (Å²) in [5.41, 5.74) is 7.01. The van der Waals surface area contributed by atoms with Crippen molar-refractivity contribution < 1.29 is 13.5 Å². The molecule has 1 aromatic carbocycles. The van der Waals surface area contributed by atoms with E-state index in [0.717, 1.165) is 0 Å². The van der Waals surface area contributed by atoms with Gasteiger partial charge in [-0.3, -0.25) is 0 Å². The Balaban J connectivity index is 3.22. The van der Waals surface area contributed by atoms with Gasteiger partial charge in [0.25, 0.3) is 0 Å². The molecule has 0 aliphatic heterocycles. The summed E-state index contributed by atoms with van der Waals surface area (Å²) >= 11 is 0. The van der Waals surface area contributed by atoms with Crippen LogP contribution in [0, 0.1) is 0 Å². The summed E-state index contributed by atoms with van der Waals surface area (Å²) in [6.45, 7) is 4.60. The zero-order chi connectivity index (χ0) is 14.6. The Hall–Kier alpha value is -1.31. The van der Waals surface area contributed by atoms with Gasteiger partial charge in [0.2, 0.25) is 10.0 Å². The summed E-state index contributed by atoms with van der Waals surface area (Å²) in [5.74, 6) is 0. The van der Waals surface area contributed by atoms with Gasteiger partial charge in [-0.1, -0.05) is 0 Å². The van der Waals surface area contributed by atoms with Crippen molar-refractivity contribution in [3.63, 3.8) is 0 Å². The molecule has 0 atom stereocenters. The second-order valence-corrected chi connectivity index (χ2v) is 6.19. The van der Waals surface area contributed by atoms with Crippen molar-refractivity contribution in [2.45, 2.75) is 31.2 Å². The van der Waals surface area contributed by atoms with Gasteiger partial charge in [0.05, 0.1) is 16.3 Å². The van der Waals surface area contributed by atoms with E-state index in [1.54, 1.807) is 0 Å². The van der Waals surface area contributed by atoms with Gasteiger partial charge < -0.3 is 15.7 Å². The maximum Gasteiger partial charge on any atom is 0.238 e. The molecule has 0 bridgehead atoms. The number of nitrogen functional groups attached to an aromatic ring is 1. The molecule has 5 N–H and O–H groups in total. The van der Waals surface area contributed by atoms with E-state index in [1.807, 2.05) is 18.7 Å². The second kappa shape index (κ2) is 6.23. The van der Waals surface area contributed by atoms with Crippen LogP contribution in [-0.2, 0) is 10.0 Å². The molecular formula is C12H21N3O3S. The van der Waals surface area contributed by atoms with Crippen molar-refractivity contribution >= 4 is 21.4 Å². The van der Waals surface area contributed by atoms with Gasteiger partial charge >= 0.3 is 0 Å². The molecule has 1 aromatic rings. The van der Waals surface area contributed by atoms with Crippen molar-refractivity contribution in [1.29, 1.82) is 0 Å². The lowest BCUT2D eigenvalue weighted by molar-refractivity contribution is 0.288. The van der Waals surface area contributed by atoms with Crippen molar-refractivity contribution in [2.75, 3.05) is 23.8 Å². The molecule has 0 aliphatic rings. The fourth-order valence-electron chi connectivity index (χ4n) is 1.85. The van der Waals surface area contributed by atoms with Gasteiger partial charge in [-0.2, -0.15) is 0 Å². The van der Waals surface area contributed by atoms with Gasteiger partial charge in [0, 0.05) is 19.2 Å². The average Bonchev–Trinajstić information content (AvgIpc) is 2.29. The molecule has 0 saturated heterocycles. The molecule has 6 nitrogen and oxygen atoms in total. The Labute approximate surface area is 114 Å². The summed E-state index contributed by atoms with van der Waals surface area (Å²) < 4.78 is 22.8. The quantitative estimate of drug-likeness (QED) is 0.660. The number of nitrogens with two attached hydrogens (primary N) is 2. The number of rotatable bonds is 6. The fraction of sp³-hybridized carbons (Fsp3) is 0.500. The summed E-state index contributed by atoms with van der Waals surface area (Å²) in [6, 6.07) is 4.52. The second-order valence-electron chi connectivity index (χ2n) is 4.63. The van der Waals surface area contributed by atoms with Gasteiger partial charge in [-0.15, -0.1) is 0 Å². The zero-order valence-corrected chi connectivity index (χ0v) is 12.0. The number of hydrogen-bond acceptors (Lipinski definition) is 5. The molecule has 0 spiro atoms. The number of anilines is 2. The van der Waals surface area contributed by atoms with Crippen LogP contribution in [-0.4, -0.2) is 32.7 Å². The highest BCUT2D eigenvalue weighted by molar-refractivity contribution is 7.89. The Morgan fingerprint density at radius 2 is 2.00 bits per heavy atom. The Kier molecular flexibility index (Phi) is 5.16. The largest absolute Gasteiger partial charge is 0.397 e. The maximum atomic E-state index is 11.4. The maximum absolute atomic E-state index is 11.4. The van der Waals surface area contributed by atoms with E-state index in [0.29, 0.717) is 24.3 Å². The third-order valence-corrected chi connectivity index (χ3v) is 3.73. The van der Waals surface area contributed by atoms with E-state index >= 15 is 0 Å². The highest BCUT2D eigenvalue weighted by Crippen LogP contribution is 2.28. The minimum absolute atomic E-state index is 0.0337. The topological polar surface area (TPSA) is 110 Å². The van der Waals surface area contributed by atoms with E-state index in [4.69, 9.17) is 16.0 Å². The minimum atomic E-state index is -3.75. The van der Waals surface area contributed by atoms with E-state index < -0.39 is 10.0 Å². The molecule has 0 fully saturated rings. The van der Waals surface area contributed by atoms with Crippen LogP contribution in [0.1, 0.15) is 20.3 Å². The van der Waals surface area contributed by atoms with E-state index in [2.05, 4.69) is 0 Å². The van der Waals surface area contributed by atoms with Gasteiger partial charge in [0.15, 0.2) is 0 Å². The molecule has 0 aromatic heterocycles. The molecule has 0 heterocycles. The molecule has 0 radical (unpaired) electrons. The third kappa shape index (κ3) is 4.09. The first-order chi connectivity index (χ1) is 8.77. The Bertz CT molecular complexity index is 529. The summed E-state index contributed by atoms with van der Waals surface area (Å²) in [5, 5.41) is 14.0. The predicted octanol–water partition coefficient (Wildman–Crippen LogP) is 0.513. The summed E-state index contributed by atoms with van der Waals surface area (Å²) in [6.07, 6.45) is 0.581. The van der Waals surface area contributed by atoms with E-state index in [9.17, 15) is 8.42 Å². The van der Waals surface area contributed by atoms with E-state index in [1.165, 1.54) is 18.2 Å². The lowest BCUT2D eigenvalue weighted by Gasteiger charge is -2.30. The van der Waals surface area contributed by atoms with Gasteiger partial charge in [-0.25, -0.2) is 13.6 Å². The minimum Gasteiger partial charge on any atom is -0.397 e. The molecular weight excluding hydrogens is 266 g/mol.